The number of rotatable bonds is 1. The Morgan fingerprint density at radius 2 is 1.15 bits per heavy atom. The topological polar surface area (TPSA) is 4.93 Å². The predicted octanol–water partition coefficient (Wildman–Crippen LogP) is 11.9. The fourth-order valence-electron chi connectivity index (χ4n) is 8.10. The molecule has 8 rings (SSSR count). The van der Waals surface area contributed by atoms with E-state index in [1.165, 1.54) is 72.0 Å². The molecule has 1 nitrogen and oxygen atoms in total. The molecule has 2 aliphatic carbocycles. The quantitative estimate of drug-likeness (QED) is 0.175. The average Bonchev–Trinajstić information content (AvgIpc) is 3.55. The first-order valence-corrected chi connectivity index (χ1v) is 16.9. The van der Waals surface area contributed by atoms with E-state index in [4.69, 9.17) is 6.58 Å². The van der Waals surface area contributed by atoms with E-state index in [-0.39, 0.29) is 10.8 Å². The molecule has 6 aromatic rings. The smallest absolute Gasteiger partial charge is 0.0710 e. The summed E-state index contributed by atoms with van der Waals surface area (Å²) in [6.07, 6.45) is 9.68. The summed E-state index contributed by atoms with van der Waals surface area (Å²) in [4.78, 5) is 0. The van der Waals surface area contributed by atoms with Gasteiger partial charge in [-0.3, -0.25) is 0 Å². The Kier molecular flexibility index (Phi) is 6.48. The van der Waals surface area contributed by atoms with Crippen molar-refractivity contribution in [1.82, 2.24) is 4.57 Å². The van der Waals surface area contributed by atoms with Crippen molar-refractivity contribution >= 4 is 21.8 Å². The van der Waals surface area contributed by atoms with Crippen molar-refractivity contribution < 1.29 is 0 Å². The Morgan fingerprint density at radius 1 is 0.596 bits per heavy atom. The van der Waals surface area contributed by atoms with Gasteiger partial charge in [-0.1, -0.05) is 139 Å². The number of hydrogen-bond acceptors (Lipinski definition) is 0. The highest BCUT2D eigenvalue weighted by atomic mass is 15.0. The summed E-state index contributed by atoms with van der Waals surface area (Å²) in [7, 11) is 0. The summed E-state index contributed by atoms with van der Waals surface area (Å²) < 4.78 is 2.48. The molecule has 0 saturated carbocycles. The van der Waals surface area contributed by atoms with Gasteiger partial charge in [-0.25, -0.2) is 0 Å². The second-order valence-electron chi connectivity index (χ2n) is 15.5. The highest BCUT2D eigenvalue weighted by Gasteiger charge is 2.47. The van der Waals surface area contributed by atoms with Crippen molar-refractivity contribution in [3.05, 3.63) is 173 Å². The van der Waals surface area contributed by atoms with Crippen LogP contribution < -0.4 is 0 Å². The lowest BCUT2D eigenvalue weighted by molar-refractivity contribution is 0.590. The molecule has 0 aliphatic heterocycles. The maximum Gasteiger partial charge on any atom is 0.0710 e. The van der Waals surface area contributed by atoms with Crippen LogP contribution in [-0.2, 0) is 22.7 Å². The van der Waals surface area contributed by atoms with Crippen LogP contribution in [0.5, 0.6) is 0 Å². The average molecular weight is 610 g/mol. The first-order valence-electron chi connectivity index (χ1n) is 16.9. The molecule has 0 fully saturated rings. The van der Waals surface area contributed by atoms with Crippen molar-refractivity contribution in [1.29, 1.82) is 0 Å². The molecule has 0 amide bonds. The summed E-state index contributed by atoms with van der Waals surface area (Å²) in [6.45, 7) is 18.6. The minimum absolute atomic E-state index is 0.0658. The Bertz CT molecular complexity index is 2190. The normalized spacial score (nSPS) is 16.8. The van der Waals surface area contributed by atoms with Gasteiger partial charge in [0.1, 0.15) is 0 Å². The van der Waals surface area contributed by atoms with E-state index < -0.39 is 5.41 Å². The van der Waals surface area contributed by atoms with Crippen molar-refractivity contribution in [2.45, 2.75) is 64.2 Å². The van der Waals surface area contributed by atoms with Gasteiger partial charge in [-0.15, -0.1) is 0 Å². The maximum atomic E-state index is 4.77. The Morgan fingerprint density at radius 3 is 1.70 bits per heavy atom. The molecule has 1 heterocycles. The van der Waals surface area contributed by atoms with Gasteiger partial charge in [-0.05, 0) is 104 Å². The molecule has 0 atom stereocenters. The first-order chi connectivity index (χ1) is 22.5. The van der Waals surface area contributed by atoms with Gasteiger partial charge < -0.3 is 4.57 Å². The molecule has 1 spiro atoms. The Hall–Kier alpha value is -4.88. The fraction of sp³-hybridized carbons (Fsp3) is 0.217. The lowest BCUT2D eigenvalue weighted by atomic mass is 9.66. The van der Waals surface area contributed by atoms with Crippen LogP contribution in [0.2, 0.25) is 0 Å². The van der Waals surface area contributed by atoms with E-state index in [0.717, 1.165) is 12.0 Å². The third kappa shape index (κ3) is 4.36. The number of benzene rings is 5. The molecule has 5 aromatic carbocycles. The van der Waals surface area contributed by atoms with Crippen LogP contribution in [0.1, 0.15) is 74.9 Å². The van der Waals surface area contributed by atoms with Gasteiger partial charge in [0.25, 0.3) is 0 Å². The van der Waals surface area contributed by atoms with E-state index in [0.29, 0.717) is 0 Å². The van der Waals surface area contributed by atoms with E-state index >= 15 is 0 Å². The van der Waals surface area contributed by atoms with Gasteiger partial charge >= 0.3 is 0 Å². The largest absolute Gasteiger partial charge is 0.309 e. The lowest BCUT2D eigenvalue weighted by Crippen LogP contribution is -2.30. The van der Waals surface area contributed by atoms with Gasteiger partial charge in [0.15, 0.2) is 0 Å². The molecular weight excluding hydrogens is 567 g/mol. The molecule has 0 radical (unpaired) electrons. The second kappa shape index (κ2) is 10.3. The zero-order valence-corrected chi connectivity index (χ0v) is 28.5. The summed E-state index contributed by atoms with van der Waals surface area (Å²) in [5.41, 5.74) is 15.0. The molecule has 232 valence electrons. The van der Waals surface area contributed by atoms with E-state index in [2.05, 4.69) is 174 Å². The molecule has 2 aliphatic rings. The molecule has 1 heteroatoms. The molecule has 47 heavy (non-hydrogen) atoms. The zero-order valence-electron chi connectivity index (χ0n) is 28.5. The Balaban J connectivity index is 1.42. The lowest BCUT2D eigenvalue weighted by Gasteiger charge is -2.36. The van der Waals surface area contributed by atoms with Gasteiger partial charge in [0, 0.05) is 16.5 Å². The highest BCUT2D eigenvalue weighted by molar-refractivity contribution is 6.10. The summed E-state index contributed by atoms with van der Waals surface area (Å²) in [5, 5.41) is 2.63. The second-order valence-corrected chi connectivity index (χ2v) is 15.5. The van der Waals surface area contributed by atoms with Crippen molar-refractivity contribution in [2.24, 2.45) is 0 Å². The summed E-state index contributed by atoms with van der Waals surface area (Å²) in [6, 6.07) is 39.2. The van der Waals surface area contributed by atoms with Crippen LogP contribution in [-0.4, -0.2) is 4.57 Å². The zero-order chi connectivity index (χ0) is 32.7. The van der Waals surface area contributed by atoms with E-state index in [1.54, 1.807) is 0 Å². The van der Waals surface area contributed by atoms with Gasteiger partial charge in [-0.2, -0.15) is 0 Å². The van der Waals surface area contributed by atoms with Crippen LogP contribution >= 0.6 is 0 Å². The molecule has 0 unspecified atom stereocenters. The molecule has 0 saturated heterocycles. The van der Waals surface area contributed by atoms with E-state index in [9.17, 15) is 0 Å². The SMILES string of the molecule is C=C1/C=C\C=C/Cc2cc(-n3c4ccc(C(C)(C)C)cc4c4cc(C(C)(C)C)ccc43)ccc2C12c1ccccc1-c1ccccc12. The van der Waals surface area contributed by atoms with Gasteiger partial charge in [0.2, 0.25) is 0 Å². The maximum absolute atomic E-state index is 4.77. The predicted molar refractivity (Wildman–Crippen MR) is 201 cm³/mol. The standard InChI is InChI=1S/C46H43N/c1-30-15-9-8-10-16-31-27-34(23-24-39(31)46(30)40-19-13-11-17-35(40)36-18-12-14-20-41(36)46)47-42-25-21-32(44(2,3)4)28-37(42)38-29-33(45(5,6)7)22-26-43(38)47/h8-15,17-29H,1,16H2,2-7H3/b10-8-,15-9-. The number of allylic oxidation sites excluding steroid dienone is 5. The molecule has 0 N–H and O–H groups in total. The first kappa shape index (κ1) is 29.5. The number of fused-ring (bicyclic) bond motifs is 10. The fourth-order valence-corrected chi connectivity index (χ4v) is 8.10. The number of aromatic nitrogens is 1. The van der Waals surface area contributed by atoms with Crippen LogP contribution in [0.3, 0.4) is 0 Å². The number of nitrogens with zero attached hydrogens (tertiary/aromatic N) is 1. The molecule has 0 bridgehead atoms. The minimum atomic E-state index is -0.465. The van der Waals surface area contributed by atoms with Crippen LogP contribution in [0.15, 0.2) is 140 Å². The third-order valence-corrected chi connectivity index (χ3v) is 10.6. The monoisotopic (exact) mass is 609 g/mol. The van der Waals surface area contributed by atoms with Crippen molar-refractivity contribution in [3.63, 3.8) is 0 Å². The van der Waals surface area contributed by atoms with Crippen LogP contribution in [0, 0.1) is 0 Å². The molecule has 1 aromatic heterocycles. The molecular formula is C46H43N. The van der Waals surface area contributed by atoms with Crippen LogP contribution in [0.25, 0.3) is 38.6 Å². The van der Waals surface area contributed by atoms with Crippen molar-refractivity contribution in [2.75, 3.05) is 0 Å². The Labute approximate surface area is 279 Å². The summed E-state index contributed by atoms with van der Waals surface area (Å²) in [5.74, 6) is 0. The highest BCUT2D eigenvalue weighted by Crippen LogP contribution is 2.57. The van der Waals surface area contributed by atoms with Crippen molar-refractivity contribution in [3.8, 4) is 16.8 Å². The number of hydrogen-bond donors (Lipinski definition) is 0. The van der Waals surface area contributed by atoms with Gasteiger partial charge in [0.05, 0.1) is 16.4 Å². The minimum Gasteiger partial charge on any atom is -0.309 e. The summed E-state index contributed by atoms with van der Waals surface area (Å²) >= 11 is 0. The van der Waals surface area contributed by atoms with Crippen LogP contribution in [0.4, 0.5) is 0 Å². The van der Waals surface area contributed by atoms with E-state index in [1.807, 2.05) is 0 Å². The third-order valence-electron chi connectivity index (χ3n) is 10.6.